The van der Waals surface area contributed by atoms with Crippen molar-refractivity contribution in [2.75, 3.05) is 5.73 Å². The van der Waals surface area contributed by atoms with E-state index >= 15 is 0 Å². The Kier molecular flexibility index (Phi) is 3.16. The largest absolute Gasteiger partial charge is 0.397 e. The number of fused-ring (bicyclic) bond motifs is 2. The lowest BCUT2D eigenvalue weighted by atomic mass is 9.85. The summed E-state index contributed by atoms with van der Waals surface area (Å²) in [5.41, 5.74) is 9.81. The molecule has 0 fully saturated rings. The second-order valence-electron chi connectivity index (χ2n) is 6.46. The lowest BCUT2D eigenvalue weighted by Crippen LogP contribution is -2.21. The number of halogens is 1. The number of nitrogen functional groups attached to an aromatic ring is 1. The summed E-state index contributed by atoms with van der Waals surface area (Å²) in [7, 11) is 0. The second kappa shape index (κ2) is 5.12. The molecular weight excluding hydrogens is 307 g/mol. The molecule has 3 aromatic rings. The molecule has 1 aliphatic rings. The number of nitrogens with two attached hydrogens (primary N) is 1. The van der Waals surface area contributed by atoms with Crippen LogP contribution in [0.25, 0.3) is 16.7 Å². The summed E-state index contributed by atoms with van der Waals surface area (Å²) in [6, 6.07) is 6.17. The fourth-order valence-corrected chi connectivity index (χ4v) is 3.47. The first-order valence-corrected chi connectivity index (χ1v) is 7.92. The van der Waals surface area contributed by atoms with Crippen LogP contribution >= 0.6 is 0 Å². The lowest BCUT2D eigenvalue weighted by molar-refractivity contribution is 0.0953. The second-order valence-corrected chi connectivity index (χ2v) is 6.46. The highest BCUT2D eigenvalue weighted by Crippen LogP contribution is 2.35. The molecule has 0 spiro atoms. The molecular formula is C18H17FN4O. The summed E-state index contributed by atoms with van der Waals surface area (Å²) in [5, 5.41) is 5.14. The Morgan fingerprint density at radius 3 is 2.88 bits per heavy atom. The van der Waals surface area contributed by atoms with Crippen molar-refractivity contribution in [2.24, 2.45) is 5.92 Å². The molecule has 6 heteroatoms. The van der Waals surface area contributed by atoms with Gasteiger partial charge in [-0.15, -0.1) is 0 Å². The van der Waals surface area contributed by atoms with Crippen LogP contribution < -0.4 is 5.73 Å². The zero-order valence-corrected chi connectivity index (χ0v) is 13.5. The standard InChI is InChI=1S/C18H17FN4O/c1-9-6-13-16(14(24)7-9)17(20)15-10(2)22-23(18(15)21-13)12-5-3-4-11(19)8-12/h3-5,8-9H,6-7H2,1-2H3,(H2,20,21). The molecule has 1 unspecified atom stereocenters. The first kappa shape index (κ1) is 14.8. The topological polar surface area (TPSA) is 73.8 Å². The van der Waals surface area contributed by atoms with Gasteiger partial charge in [0.2, 0.25) is 0 Å². The van der Waals surface area contributed by atoms with Crippen LogP contribution in [0.1, 0.15) is 35.1 Å². The average molecular weight is 324 g/mol. The molecule has 1 atom stereocenters. The Bertz CT molecular complexity index is 992. The fraction of sp³-hybridized carbons (Fsp3) is 0.278. The molecule has 0 saturated carbocycles. The van der Waals surface area contributed by atoms with Gasteiger partial charge in [-0.25, -0.2) is 14.1 Å². The maximum absolute atomic E-state index is 13.6. The molecule has 0 saturated heterocycles. The van der Waals surface area contributed by atoms with Crippen molar-refractivity contribution >= 4 is 22.5 Å². The fourth-order valence-electron chi connectivity index (χ4n) is 3.47. The van der Waals surface area contributed by atoms with E-state index in [-0.39, 0.29) is 17.5 Å². The van der Waals surface area contributed by atoms with Crippen LogP contribution in [-0.4, -0.2) is 20.5 Å². The van der Waals surface area contributed by atoms with Crippen molar-refractivity contribution in [2.45, 2.75) is 26.7 Å². The Hall–Kier alpha value is -2.76. The first-order chi connectivity index (χ1) is 11.5. The minimum atomic E-state index is -0.344. The number of aromatic nitrogens is 3. The normalized spacial score (nSPS) is 17.3. The average Bonchev–Trinajstić information content (AvgIpc) is 2.83. The van der Waals surface area contributed by atoms with Gasteiger partial charge in [0, 0.05) is 6.42 Å². The van der Waals surface area contributed by atoms with E-state index in [9.17, 15) is 9.18 Å². The number of rotatable bonds is 1. The molecule has 1 aliphatic carbocycles. The van der Waals surface area contributed by atoms with Crippen molar-refractivity contribution in [1.29, 1.82) is 0 Å². The van der Waals surface area contributed by atoms with Gasteiger partial charge < -0.3 is 5.73 Å². The van der Waals surface area contributed by atoms with Crippen LogP contribution in [0, 0.1) is 18.7 Å². The number of carbonyl (C=O) groups excluding carboxylic acids is 1. The number of ketones is 1. The van der Waals surface area contributed by atoms with Gasteiger partial charge >= 0.3 is 0 Å². The Morgan fingerprint density at radius 1 is 1.33 bits per heavy atom. The van der Waals surface area contributed by atoms with E-state index in [0.717, 1.165) is 0 Å². The summed E-state index contributed by atoms with van der Waals surface area (Å²) in [6.07, 6.45) is 1.19. The van der Waals surface area contributed by atoms with Crippen molar-refractivity contribution in [3.8, 4) is 5.69 Å². The molecule has 0 aliphatic heterocycles. The molecule has 5 nitrogen and oxygen atoms in total. The smallest absolute Gasteiger partial charge is 0.167 e. The van der Waals surface area contributed by atoms with Crippen LogP contribution in [-0.2, 0) is 6.42 Å². The third kappa shape index (κ3) is 2.10. The monoisotopic (exact) mass is 324 g/mol. The summed E-state index contributed by atoms with van der Waals surface area (Å²) < 4.78 is 15.2. The summed E-state index contributed by atoms with van der Waals surface area (Å²) in [6.45, 7) is 3.84. The molecule has 2 heterocycles. The van der Waals surface area contributed by atoms with Gasteiger partial charge in [-0.2, -0.15) is 5.10 Å². The van der Waals surface area contributed by atoms with E-state index in [4.69, 9.17) is 5.73 Å². The highest BCUT2D eigenvalue weighted by atomic mass is 19.1. The highest BCUT2D eigenvalue weighted by molar-refractivity contribution is 6.09. The number of pyridine rings is 1. The molecule has 24 heavy (non-hydrogen) atoms. The van der Waals surface area contributed by atoms with Crippen LogP contribution in [0.3, 0.4) is 0 Å². The molecule has 4 rings (SSSR count). The van der Waals surface area contributed by atoms with Crippen LogP contribution in [0.15, 0.2) is 24.3 Å². The van der Waals surface area contributed by atoms with Crippen molar-refractivity contribution in [1.82, 2.24) is 14.8 Å². The lowest BCUT2D eigenvalue weighted by Gasteiger charge is -2.21. The molecule has 1 aromatic carbocycles. The quantitative estimate of drug-likeness (QED) is 0.746. The Balaban J connectivity index is 2.04. The Morgan fingerprint density at radius 2 is 2.12 bits per heavy atom. The summed E-state index contributed by atoms with van der Waals surface area (Å²) >= 11 is 0. The highest BCUT2D eigenvalue weighted by Gasteiger charge is 2.29. The number of hydrogen-bond acceptors (Lipinski definition) is 4. The number of carbonyl (C=O) groups is 1. The minimum Gasteiger partial charge on any atom is -0.397 e. The predicted molar refractivity (Wildman–Crippen MR) is 89.8 cm³/mol. The Labute approximate surface area is 138 Å². The van der Waals surface area contributed by atoms with Crippen molar-refractivity contribution in [3.63, 3.8) is 0 Å². The molecule has 2 aromatic heterocycles. The van der Waals surface area contributed by atoms with Gasteiger partial charge in [-0.3, -0.25) is 4.79 Å². The number of hydrogen-bond donors (Lipinski definition) is 1. The van der Waals surface area contributed by atoms with E-state index in [1.807, 2.05) is 13.8 Å². The van der Waals surface area contributed by atoms with Crippen LogP contribution in [0.5, 0.6) is 0 Å². The number of anilines is 1. The van der Waals surface area contributed by atoms with Crippen LogP contribution in [0.4, 0.5) is 10.1 Å². The first-order valence-electron chi connectivity index (χ1n) is 7.92. The zero-order chi connectivity index (χ0) is 17.0. The van der Waals surface area contributed by atoms with Gasteiger partial charge in [0.1, 0.15) is 5.82 Å². The summed E-state index contributed by atoms with van der Waals surface area (Å²) in [5.74, 6) is -0.0712. The number of Topliss-reactive ketones (excluding diaryl/α,β-unsaturated/α-hetero) is 1. The van der Waals surface area contributed by atoms with E-state index in [1.54, 1.807) is 16.8 Å². The predicted octanol–water partition coefficient (Wildman–Crippen LogP) is 3.22. The van der Waals surface area contributed by atoms with E-state index < -0.39 is 0 Å². The SMILES string of the molecule is Cc1nn(-c2cccc(F)c2)c2nc3c(c(N)c12)C(=O)CC(C)C3. The molecule has 0 amide bonds. The van der Waals surface area contributed by atoms with Gasteiger partial charge in [-0.05, 0) is 37.5 Å². The third-order valence-electron chi connectivity index (χ3n) is 4.51. The van der Waals surface area contributed by atoms with E-state index in [2.05, 4.69) is 10.1 Å². The minimum absolute atomic E-state index is 0.0357. The number of nitrogens with zero attached hydrogens (tertiary/aromatic N) is 3. The molecule has 122 valence electrons. The molecule has 0 bridgehead atoms. The van der Waals surface area contributed by atoms with Gasteiger partial charge in [0.15, 0.2) is 11.4 Å². The molecule has 2 N–H and O–H groups in total. The van der Waals surface area contributed by atoms with Crippen molar-refractivity contribution < 1.29 is 9.18 Å². The van der Waals surface area contributed by atoms with Gasteiger partial charge in [-0.1, -0.05) is 13.0 Å². The molecule has 0 radical (unpaired) electrons. The van der Waals surface area contributed by atoms with Crippen molar-refractivity contribution in [3.05, 3.63) is 47.0 Å². The number of aryl methyl sites for hydroxylation is 1. The maximum atomic E-state index is 13.6. The van der Waals surface area contributed by atoms with Gasteiger partial charge in [0.05, 0.1) is 33.7 Å². The maximum Gasteiger partial charge on any atom is 0.167 e. The van der Waals surface area contributed by atoms with E-state index in [1.165, 1.54) is 12.1 Å². The van der Waals surface area contributed by atoms with E-state index in [0.29, 0.717) is 52.2 Å². The summed E-state index contributed by atoms with van der Waals surface area (Å²) in [4.78, 5) is 17.1. The van der Waals surface area contributed by atoms with Crippen LogP contribution in [0.2, 0.25) is 0 Å². The third-order valence-corrected chi connectivity index (χ3v) is 4.51. The zero-order valence-electron chi connectivity index (χ0n) is 13.5. The number of benzene rings is 1. The van der Waals surface area contributed by atoms with Gasteiger partial charge in [0.25, 0.3) is 0 Å².